The molecule has 172 valence electrons. The maximum atomic E-state index is 14.4. The molecule has 1 aliphatic rings. The summed E-state index contributed by atoms with van der Waals surface area (Å²) < 4.78 is 16.0. The van der Waals surface area contributed by atoms with Gasteiger partial charge in [0.05, 0.1) is 23.1 Å². The van der Waals surface area contributed by atoms with E-state index in [4.69, 9.17) is 0 Å². The Labute approximate surface area is 196 Å². The smallest absolute Gasteiger partial charge is 0.257 e. The Kier molecular flexibility index (Phi) is 5.94. The van der Waals surface area contributed by atoms with Gasteiger partial charge in [-0.15, -0.1) is 17.5 Å². The minimum atomic E-state index is -0.503. The Balaban J connectivity index is 0.00000259. The number of anilines is 2. The highest BCUT2D eigenvalue weighted by molar-refractivity contribution is 6.13. The highest BCUT2D eigenvalue weighted by Gasteiger charge is 2.27. The van der Waals surface area contributed by atoms with E-state index in [1.54, 1.807) is 36.0 Å². The summed E-state index contributed by atoms with van der Waals surface area (Å²) in [6.07, 6.45) is 4.98. The van der Waals surface area contributed by atoms with Crippen LogP contribution in [0.2, 0.25) is 0 Å². The van der Waals surface area contributed by atoms with Gasteiger partial charge in [0.25, 0.3) is 5.91 Å². The standard InChI is InChI=1S/C23H24FN7O.ClH/c1-14-11-31-12-15(10-18(24)21(31)27-14)28-22(32)17-4-5-19(16-6-7-26-29-20(16)17)30-9-8-25-23(2,3)13-30;/h4-7,10-12,25H,8-9,13H2,1-3H3,(H,28,32);1H. The molecule has 1 saturated heterocycles. The van der Waals surface area contributed by atoms with Gasteiger partial charge >= 0.3 is 0 Å². The highest BCUT2D eigenvalue weighted by atomic mass is 35.5. The van der Waals surface area contributed by atoms with E-state index in [2.05, 4.69) is 44.6 Å². The number of nitrogens with one attached hydrogen (secondary N) is 2. The number of hydrogen-bond donors (Lipinski definition) is 2. The summed E-state index contributed by atoms with van der Waals surface area (Å²) in [7, 11) is 0. The van der Waals surface area contributed by atoms with Crippen LogP contribution in [0.3, 0.4) is 0 Å². The van der Waals surface area contributed by atoms with Crippen molar-refractivity contribution in [3.63, 3.8) is 0 Å². The number of imidazole rings is 1. The first-order valence-corrected chi connectivity index (χ1v) is 10.5. The SMILES string of the molecule is Cc1cn2cc(NC(=O)c3ccc(N4CCNC(C)(C)C4)c4ccnnc34)cc(F)c2n1.Cl. The van der Waals surface area contributed by atoms with Crippen LogP contribution in [0.4, 0.5) is 15.8 Å². The lowest BCUT2D eigenvalue weighted by Crippen LogP contribution is -2.57. The summed E-state index contributed by atoms with van der Waals surface area (Å²) in [5, 5.41) is 15.4. The molecule has 0 spiro atoms. The Bertz CT molecular complexity index is 1350. The van der Waals surface area contributed by atoms with Crippen LogP contribution in [-0.2, 0) is 0 Å². The zero-order chi connectivity index (χ0) is 22.5. The number of carbonyl (C=O) groups excluding carboxylic acids is 1. The van der Waals surface area contributed by atoms with Gasteiger partial charge in [0, 0.05) is 54.7 Å². The number of pyridine rings is 1. The third-order valence-corrected chi connectivity index (χ3v) is 5.70. The Morgan fingerprint density at radius 3 is 2.85 bits per heavy atom. The number of aromatic nitrogens is 4. The molecule has 2 N–H and O–H groups in total. The minimum absolute atomic E-state index is 0. The fourth-order valence-corrected chi connectivity index (χ4v) is 4.32. The molecule has 1 aromatic carbocycles. The summed E-state index contributed by atoms with van der Waals surface area (Å²) >= 11 is 0. The van der Waals surface area contributed by atoms with Crippen LogP contribution in [0.25, 0.3) is 16.6 Å². The van der Waals surface area contributed by atoms with Crippen LogP contribution >= 0.6 is 12.4 Å². The van der Waals surface area contributed by atoms with E-state index in [-0.39, 0.29) is 29.5 Å². The van der Waals surface area contributed by atoms with Crippen molar-refractivity contribution < 1.29 is 9.18 Å². The van der Waals surface area contributed by atoms with Crippen LogP contribution in [0.1, 0.15) is 29.9 Å². The first-order valence-electron chi connectivity index (χ1n) is 10.5. The van der Waals surface area contributed by atoms with Gasteiger partial charge in [0.2, 0.25) is 0 Å². The summed E-state index contributed by atoms with van der Waals surface area (Å²) in [6.45, 7) is 8.69. The van der Waals surface area contributed by atoms with Crippen LogP contribution in [-0.4, -0.2) is 50.7 Å². The average Bonchev–Trinajstić information content (AvgIpc) is 3.13. The molecule has 33 heavy (non-hydrogen) atoms. The van der Waals surface area contributed by atoms with Crippen molar-refractivity contribution in [2.45, 2.75) is 26.3 Å². The molecule has 5 rings (SSSR count). The maximum Gasteiger partial charge on any atom is 0.257 e. The summed E-state index contributed by atoms with van der Waals surface area (Å²) in [5.41, 5.74) is 3.15. The zero-order valence-corrected chi connectivity index (χ0v) is 19.4. The second kappa shape index (κ2) is 8.57. The van der Waals surface area contributed by atoms with Gasteiger partial charge in [-0.2, -0.15) is 5.10 Å². The molecular weight excluding hydrogens is 445 g/mol. The Morgan fingerprint density at radius 2 is 2.06 bits per heavy atom. The maximum absolute atomic E-state index is 14.4. The number of carbonyl (C=O) groups is 1. The average molecular weight is 470 g/mol. The van der Waals surface area contributed by atoms with Gasteiger partial charge in [-0.1, -0.05) is 0 Å². The lowest BCUT2D eigenvalue weighted by molar-refractivity contribution is 0.102. The van der Waals surface area contributed by atoms with E-state index >= 15 is 0 Å². The second-order valence-electron chi connectivity index (χ2n) is 8.80. The molecule has 0 radical (unpaired) electrons. The summed E-state index contributed by atoms with van der Waals surface area (Å²) in [6, 6.07) is 6.85. The van der Waals surface area contributed by atoms with E-state index in [1.165, 1.54) is 6.07 Å². The van der Waals surface area contributed by atoms with Crippen LogP contribution in [0.15, 0.2) is 42.9 Å². The van der Waals surface area contributed by atoms with Crippen molar-refractivity contribution in [1.29, 1.82) is 0 Å². The van der Waals surface area contributed by atoms with Gasteiger partial charge in [-0.25, -0.2) is 9.37 Å². The monoisotopic (exact) mass is 469 g/mol. The number of piperazine rings is 1. The number of amides is 1. The van der Waals surface area contributed by atoms with Crippen molar-refractivity contribution in [2.75, 3.05) is 29.9 Å². The molecule has 0 unspecified atom stereocenters. The van der Waals surface area contributed by atoms with Gasteiger partial charge < -0.3 is 19.9 Å². The zero-order valence-electron chi connectivity index (χ0n) is 18.6. The van der Waals surface area contributed by atoms with Crippen molar-refractivity contribution >= 4 is 46.2 Å². The predicted octanol–water partition coefficient (Wildman–Crippen LogP) is 3.59. The number of nitrogens with zero attached hydrogens (tertiary/aromatic N) is 5. The predicted molar refractivity (Wildman–Crippen MR) is 129 cm³/mol. The lowest BCUT2D eigenvalue weighted by atomic mass is 10.00. The molecule has 0 saturated carbocycles. The Hall–Kier alpha value is -3.30. The van der Waals surface area contributed by atoms with Gasteiger partial charge in [0.1, 0.15) is 5.52 Å². The third-order valence-electron chi connectivity index (χ3n) is 5.70. The quantitative estimate of drug-likeness (QED) is 0.477. The molecule has 0 atom stereocenters. The first kappa shape index (κ1) is 22.9. The molecule has 1 fully saturated rings. The number of fused-ring (bicyclic) bond motifs is 2. The topological polar surface area (TPSA) is 87.5 Å². The fraction of sp³-hybridized carbons (Fsp3) is 0.304. The molecule has 0 bridgehead atoms. The van der Waals surface area contributed by atoms with Crippen molar-refractivity contribution in [3.05, 3.63) is 59.9 Å². The van der Waals surface area contributed by atoms with Gasteiger partial charge in [-0.05, 0) is 39.0 Å². The number of hydrogen-bond acceptors (Lipinski definition) is 6. The van der Waals surface area contributed by atoms with E-state index in [0.717, 1.165) is 30.7 Å². The van der Waals surface area contributed by atoms with E-state index in [0.29, 0.717) is 22.5 Å². The van der Waals surface area contributed by atoms with Crippen LogP contribution < -0.4 is 15.5 Å². The van der Waals surface area contributed by atoms with Gasteiger partial charge in [0.15, 0.2) is 11.5 Å². The van der Waals surface area contributed by atoms with Crippen molar-refractivity contribution in [1.82, 2.24) is 24.9 Å². The fourth-order valence-electron chi connectivity index (χ4n) is 4.32. The highest BCUT2D eigenvalue weighted by Crippen LogP contribution is 2.30. The molecule has 0 aliphatic carbocycles. The summed E-state index contributed by atoms with van der Waals surface area (Å²) in [5.74, 6) is -0.879. The molecule has 8 nitrogen and oxygen atoms in total. The number of benzene rings is 1. The van der Waals surface area contributed by atoms with Gasteiger partial charge in [-0.3, -0.25) is 4.79 Å². The normalized spacial score (nSPS) is 15.5. The molecule has 1 amide bonds. The Morgan fingerprint density at radius 1 is 1.24 bits per heavy atom. The van der Waals surface area contributed by atoms with Crippen molar-refractivity contribution in [3.8, 4) is 0 Å². The number of halogens is 2. The molecule has 10 heteroatoms. The molecule has 3 aromatic heterocycles. The van der Waals surface area contributed by atoms with E-state index < -0.39 is 5.82 Å². The van der Waals surface area contributed by atoms with Crippen molar-refractivity contribution in [2.24, 2.45) is 0 Å². The van der Waals surface area contributed by atoms with Crippen LogP contribution in [0.5, 0.6) is 0 Å². The lowest BCUT2D eigenvalue weighted by Gasteiger charge is -2.40. The molecule has 1 aliphatic heterocycles. The number of aryl methyl sites for hydroxylation is 1. The minimum Gasteiger partial charge on any atom is -0.368 e. The third kappa shape index (κ3) is 4.34. The largest absolute Gasteiger partial charge is 0.368 e. The molecular formula is C23H25ClFN7O. The summed E-state index contributed by atoms with van der Waals surface area (Å²) in [4.78, 5) is 19.6. The second-order valence-corrected chi connectivity index (χ2v) is 8.80. The number of rotatable bonds is 3. The van der Waals surface area contributed by atoms with E-state index in [1.807, 2.05) is 12.1 Å². The first-order chi connectivity index (χ1) is 15.3. The van der Waals surface area contributed by atoms with Crippen LogP contribution in [0, 0.1) is 12.7 Å². The molecule has 4 aromatic rings. The van der Waals surface area contributed by atoms with E-state index in [9.17, 15) is 9.18 Å². The molecule has 4 heterocycles.